The molecule has 0 radical (unpaired) electrons. The fourth-order valence-corrected chi connectivity index (χ4v) is 3.45. The molecule has 0 saturated carbocycles. The number of methoxy groups -OCH3 is 1. The van der Waals surface area contributed by atoms with Crippen LogP contribution in [0, 0.1) is 6.92 Å². The van der Waals surface area contributed by atoms with E-state index in [1.54, 1.807) is 31.0 Å². The molecule has 28 heavy (non-hydrogen) atoms. The summed E-state index contributed by atoms with van der Waals surface area (Å²) in [6, 6.07) is 20.0. The number of benzene rings is 2. The minimum atomic E-state index is -0.243. The van der Waals surface area contributed by atoms with E-state index in [-0.39, 0.29) is 11.7 Å². The van der Waals surface area contributed by atoms with Crippen molar-refractivity contribution in [3.8, 4) is 0 Å². The molecule has 3 rings (SSSR count). The van der Waals surface area contributed by atoms with Gasteiger partial charge in [0.2, 0.25) is 0 Å². The fraction of sp³-hybridized carbons (Fsp3) is 0.182. The van der Waals surface area contributed by atoms with Gasteiger partial charge in [0.15, 0.2) is 0 Å². The average molecular weight is 394 g/mol. The normalized spacial score (nSPS) is 10.6. The Morgan fingerprint density at radius 3 is 2.29 bits per heavy atom. The molecule has 0 aliphatic carbocycles. The number of aryl methyl sites for hydroxylation is 1. The number of nitrogen functional groups attached to an aromatic ring is 1. The summed E-state index contributed by atoms with van der Waals surface area (Å²) in [5.41, 5.74) is 9.22. The summed E-state index contributed by atoms with van der Waals surface area (Å²) in [5, 5.41) is 2.89. The zero-order chi connectivity index (χ0) is 19.9. The second kappa shape index (κ2) is 9.39. The molecule has 3 aromatic rings. The molecule has 6 heteroatoms. The van der Waals surface area contributed by atoms with Crippen LogP contribution in [0.1, 0.15) is 27.2 Å². The maximum atomic E-state index is 12.4. The van der Waals surface area contributed by atoms with Gasteiger partial charge in [-0.2, -0.15) is 0 Å². The monoisotopic (exact) mass is 393 g/mol. The topological polar surface area (TPSA) is 77.2 Å². The van der Waals surface area contributed by atoms with E-state index in [4.69, 9.17) is 10.5 Å². The van der Waals surface area contributed by atoms with Crippen LogP contribution in [-0.4, -0.2) is 18.0 Å². The first kappa shape index (κ1) is 19.9. The van der Waals surface area contributed by atoms with Crippen LogP contribution in [0.15, 0.2) is 70.5 Å². The van der Waals surface area contributed by atoms with Gasteiger partial charge in [-0.15, -0.1) is 0 Å². The van der Waals surface area contributed by atoms with Crippen LogP contribution >= 0.6 is 11.8 Å². The number of nitrogens with two attached hydrogens (primary N) is 1. The van der Waals surface area contributed by atoms with Crippen LogP contribution in [-0.2, 0) is 17.9 Å². The van der Waals surface area contributed by atoms with Gasteiger partial charge in [-0.25, -0.2) is 4.98 Å². The summed E-state index contributed by atoms with van der Waals surface area (Å²) in [6.07, 6.45) is 0. The number of hydrogen-bond acceptors (Lipinski definition) is 5. The van der Waals surface area contributed by atoms with Crippen LogP contribution < -0.4 is 11.1 Å². The first-order chi connectivity index (χ1) is 13.5. The lowest BCUT2D eigenvalue weighted by Gasteiger charge is -2.09. The van der Waals surface area contributed by atoms with E-state index in [0.29, 0.717) is 24.4 Å². The zero-order valence-corrected chi connectivity index (χ0v) is 16.8. The van der Waals surface area contributed by atoms with Gasteiger partial charge in [0.05, 0.1) is 17.9 Å². The van der Waals surface area contributed by atoms with Crippen molar-refractivity contribution in [3.05, 3.63) is 83.0 Å². The van der Waals surface area contributed by atoms with Crippen LogP contribution in [0.4, 0.5) is 5.82 Å². The fourth-order valence-electron chi connectivity index (χ4n) is 2.63. The molecule has 0 atom stereocenters. The van der Waals surface area contributed by atoms with Crippen molar-refractivity contribution in [2.24, 2.45) is 0 Å². The highest BCUT2D eigenvalue weighted by atomic mass is 32.2. The molecule has 0 saturated heterocycles. The Labute approximate surface area is 169 Å². The quantitative estimate of drug-likeness (QED) is 0.629. The number of amides is 1. The molecule has 0 aliphatic rings. The van der Waals surface area contributed by atoms with Crippen LogP contribution in [0.2, 0.25) is 0 Å². The first-order valence-corrected chi connectivity index (χ1v) is 9.73. The number of carbonyl (C=O) groups is 1. The number of carbonyl (C=O) groups excluding carboxylic acids is 1. The van der Waals surface area contributed by atoms with Crippen molar-refractivity contribution in [2.45, 2.75) is 29.9 Å². The van der Waals surface area contributed by atoms with Gasteiger partial charge >= 0.3 is 0 Å². The molecule has 144 valence electrons. The first-order valence-electron chi connectivity index (χ1n) is 8.91. The molecule has 0 aliphatic heterocycles. The highest BCUT2D eigenvalue weighted by molar-refractivity contribution is 7.99. The summed E-state index contributed by atoms with van der Waals surface area (Å²) >= 11 is 1.71. The Morgan fingerprint density at radius 2 is 1.68 bits per heavy atom. The van der Waals surface area contributed by atoms with Crippen LogP contribution in [0.5, 0.6) is 0 Å². The molecule has 0 spiro atoms. The lowest BCUT2D eigenvalue weighted by atomic mass is 10.2. The zero-order valence-electron chi connectivity index (χ0n) is 15.9. The minimum absolute atomic E-state index is 0.205. The summed E-state index contributed by atoms with van der Waals surface area (Å²) < 4.78 is 5.02. The minimum Gasteiger partial charge on any atom is -0.383 e. The van der Waals surface area contributed by atoms with Gasteiger partial charge in [0.25, 0.3) is 5.91 Å². The van der Waals surface area contributed by atoms with Crippen LogP contribution in [0.3, 0.4) is 0 Å². The molecule has 5 nitrogen and oxygen atoms in total. The SMILES string of the molecule is COCc1ccc(C(=O)NCc2ccc(Sc3ccc(C)cc3)cc2)c(N)n1. The Kier molecular flexibility index (Phi) is 6.68. The van der Waals surface area contributed by atoms with Gasteiger partial charge < -0.3 is 15.8 Å². The molecular formula is C22H23N3O2S. The third-order valence-corrected chi connectivity index (χ3v) is 5.17. The summed E-state index contributed by atoms with van der Waals surface area (Å²) in [4.78, 5) is 18.9. The predicted molar refractivity (Wildman–Crippen MR) is 112 cm³/mol. The van der Waals surface area contributed by atoms with Crippen molar-refractivity contribution < 1.29 is 9.53 Å². The smallest absolute Gasteiger partial charge is 0.255 e. The van der Waals surface area contributed by atoms with Gasteiger partial charge in [-0.1, -0.05) is 41.6 Å². The van der Waals surface area contributed by atoms with E-state index in [2.05, 4.69) is 53.6 Å². The lowest BCUT2D eigenvalue weighted by molar-refractivity contribution is 0.0951. The Hall–Kier alpha value is -2.83. The standard InChI is InChI=1S/C22H23N3O2S/c1-15-3-8-18(9-4-15)28-19-10-5-16(6-11-19)13-24-22(26)20-12-7-17(14-27-2)25-21(20)23/h3-12H,13-14H2,1-2H3,(H2,23,25)(H,24,26). The van der Waals surface area contributed by atoms with Crippen molar-refractivity contribution in [3.63, 3.8) is 0 Å². The molecule has 0 unspecified atom stereocenters. The average Bonchev–Trinajstić information content (AvgIpc) is 2.69. The predicted octanol–water partition coefficient (Wildman–Crippen LogP) is 4.20. The van der Waals surface area contributed by atoms with E-state index in [9.17, 15) is 4.79 Å². The van der Waals surface area contributed by atoms with Crippen molar-refractivity contribution in [1.82, 2.24) is 10.3 Å². The van der Waals surface area contributed by atoms with Crippen molar-refractivity contribution in [2.75, 3.05) is 12.8 Å². The Bertz CT molecular complexity index is 941. The maximum Gasteiger partial charge on any atom is 0.255 e. The van der Waals surface area contributed by atoms with Gasteiger partial charge in [0.1, 0.15) is 5.82 Å². The number of nitrogens with zero attached hydrogens (tertiary/aromatic N) is 1. The highest BCUT2D eigenvalue weighted by Gasteiger charge is 2.11. The molecule has 0 bridgehead atoms. The second-order valence-corrected chi connectivity index (χ2v) is 7.56. The third-order valence-electron chi connectivity index (χ3n) is 4.15. The number of rotatable bonds is 7. The summed E-state index contributed by atoms with van der Waals surface area (Å²) in [6.45, 7) is 2.86. The van der Waals surface area contributed by atoms with E-state index in [1.165, 1.54) is 10.5 Å². The summed E-state index contributed by atoms with van der Waals surface area (Å²) in [7, 11) is 1.59. The second-order valence-electron chi connectivity index (χ2n) is 6.41. The Balaban J connectivity index is 1.57. The Morgan fingerprint density at radius 1 is 1.04 bits per heavy atom. The highest BCUT2D eigenvalue weighted by Crippen LogP contribution is 2.27. The lowest BCUT2D eigenvalue weighted by Crippen LogP contribution is -2.24. The molecule has 1 heterocycles. The molecule has 0 fully saturated rings. The van der Waals surface area contributed by atoms with Gasteiger partial charge in [-0.3, -0.25) is 4.79 Å². The number of pyridine rings is 1. The number of ether oxygens (including phenoxy) is 1. The van der Waals surface area contributed by atoms with Gasteiger partial charge in [-0.05, 0) is 48.9 Å². The largest absolute Gasteiger partial charge is 0.383 e. The summed E-state index contributed by atoms with van der Waals surface area (Å²) in [5.74, 6) is -0.0380. The third kappa shape index (κ3) is 5.34. The molecule has 1 aromatic heterocycles. The van der Waals surface area contributed by atoms with E-state index in [1.807, 2.05) is 12.1 Å². The van der Waals surface area contributed by atoms with Crippen molar-refractivity contribution >= 4 is 23.5 Å². The van der Waals surface area contributed by atoms with Crippen molar-refractivity contribution in [1.29, 1.82) is 0 Å². The van der Waals surface area contributed by atoms with E-state index in [0.717, 1.165) is 10.5 Å². The van der Waals surface area contributed by atoms with Gasteiger partial charge in [0, 0.05) is 23.4 Å². The molecule has 2 aromatic carbocycles. The molecule has 3 N–H and O–H groups in total. The maximum absolute atomic E-state index is 12.4. The number of aromatic nitrogens is 1. The number of hydrogen-bond donors (Lipinski definition) is 2. The number of nitrogens with one attached hydrogen (secondary N) is 1. The molecular weight excluding hydrogens is 370 g/mol. The van der Waals surface area contributed by atoms with E-state index < -0.39 is 0 Å². The van der Waals surface area contributed by atoms with E-state index >= 15 is 0 Å². The number of anilines is 1. The van der Waals surface area contributed by atoms with Crippen LogP contribution in [0.25, 0.3) is 0 Å². The molecule has 1 amide bonds.